The third-order valence-electron chi connectivity index (χ3n) is 2.02. The van der Waals surface area contributed by atoms with Crippen LogP contribution in [-0.2, 0) is 10.3 Å². The normalized spacial score (nSPS) is 14.0. The van der Waals surface area contributed by atoms with Crippen molar-refractivity contribution in [1.82, 2.24) is 0 Å². The second-order valence-electron chi connectivity index (χ2n) is 2.84. The lowest BCUT2D eigenvalue weighted by Gasteiger charge is -2.08. The van der Waals surface area contributed by atoms with Crippen LogP contribution in [0.3, 0.4) is 0 Å². The zero-order valence-corrected chi connectivity index (χ0v) is 7.91. The second-order valence-corrected chi connectivity index (χ2v) is 3.75. The molecule has 0 saturated carbocycles. The molecule has 0 amide bonds. The molecule has 1 aliphatic rings. The van der Waals surface area contributed by atoms with Crippen LogP contribution < -0.4 is 0 Å². The van der Waals surface area contributed by atoms with Crippen LogP contribution in [0.25, 0.3) is 0 Å². The Morgan fingerprint density at radius 2 is 1.57 bits per heavy atom. The Labute approximate surface area is 82.2 Å². The van der Waals surface area contributed by atoms with Gasteiger partial charge in [-0.3, -0.25) is 4.79 Å². The first kappa shape index (κ1) is 8.90. The van der Waals surface area contributed by atoms with Gasteiger partial charge in [0.25, 0.3) is 0 Å². The molecule has 0 atom stereocenters. The lowest BCUT2D eigenvalue weighted by Crippen LogP contribution is -2.12. The zero-order chi connectivity index (χ0) is 10.1. The fourth-order valence-corrected chi connectivity index (χ4v) is 1.93. The van der Waals surface area contributed by atoms with Gasteiger partial charge in [0.15, 0.2) is 5.78 Å². The molecule has 0 saturated heterocycles. The lowest BCUT2D eigenvalue weighted by molar-refractivity contribution is 0.104. The Balaban J connectivity index is 2.84. The molecule has 1 aromatic rings. The highest BCUT2D eigenvalue weighted by Crippen LogP contribution is 2.15. The number of carbonyl (C=O) groups excluding carboxylic acids is 1. The summed E-state index contributed by atoms with van der Waals surface area (Å²) in [7, 11) is -2.30. The van der Waals surface area contributed by atoms with Gasteiger partial charge in [0.1, 0.15) is 4.86 Å². The Bertz CT molecular complexity index is 557. The lowest BCUT2D eigenvalue weighted by atomic mass is 9.96. The topological polar surface area (TPSA) is 51.2 Å². The van der Waals surface area contributed by atoms with Gasteiger partial charge in [-0.1, -0.05) is 24.3 Å². The van der Waals surface area contributed by atoms with Crippen LogP contribution >= 0.6 is 0 Å². The summed E-state index contributed by atoms with van der Waals surface area (Å²) in [6, 6.07) is 6.66. The molecule has 3 nitrogen and oxygen atoms in total. The summed E-state index contributed by atoms with van der Waals surface area (Å²) in [5.41, 5.74) is 0.919. The van der Waals surface area contributed by atoms with Gasteiger partial charge in [-0.05, 0) is 12.2 Å². The number of rotatable bonds is 0. The van der Waals surface area contributed by atoms with E-state index in [1.54, 1.807) is 24.3 Å². The number of carbonyl (C=O) groups is 1. The average Bonchev–Trinajstić information content (AvgIpc) is 2.18. The Kier molecular flexibility index (Phi) is 2.05. The van der Waals surface area contributed by atoms with Crippen molar-refractivity contribution in [2.24, 2.45) is 0 Å². The largest absolute Gasteiger partial charge is 0.289 e. The molecule has 4 heteroatoms. The van der Waals surface area contributed by atoms with Crippen molar-refractivity contribution >= 4 is 20.9 Å². The van der Waals surface area contributed by atoms with Gasteiger partial charge >= 0.3 is 0 Å². The van der Waals surface area contributed by atoms with E-state index in [-0.39, 0.29) is 10.6 Å². The van der Waals surface area contributed by atoms with E-state index in [9.17, 15) is 13.2 Å². The van der Waals surface area contributed by atoms with Crippen LogP contribution in [0.5, 0.6) is 0 Å². The van der Waals surface area contributed by atoms with Crippen LogP contribution in [0.1, 0.15) is 15.9 Å². The summed E-state index contributed by atoms with van der Waals surface area (Å²) in [6.45, 7) is 0. The standard InChI is InChI=1S/C10H6O3S/c11-9-5-6-10(14(12)13)8-4-2-1-3-7(8)9/h1-6H. The van der Waals surface area contributed by atoms with Crippen LogP contribution in [0.2, 0.25) is 0 Å². The van der Waals surface area contributed by atoms with Gasteiger partial charge in [0.2, 0.25) is 10.3 Å². The molecule has 0 aromatic heterocycles. The summed E-state index contributed by atoms with van der Waals surface area (Å²) in [5, 5.41) is 0. The van der Waals surface area contributed by atoms with Gasteiger partial charge in [-0.2, -0.15) is 8.42 Å². The Morgan fingerprint density at radius 3 is 2.21 bits per heavy atom. The van der Waals surface area contributed by atoms with Crippen molar-refractivity contribution in [1.29, 1.82) is 0 Å². The van der Waals surface area contributed by atoms with Gasteiger partial charge in [0.05, 0.1) is 0 Å². The quantitative estimate of drug-likeness (QED) is 0.591. The summed E-state index contributed by atoms with van der Waals surface area (Å²) in [5.74, 6) is -0.158. The molecule has 0 radical (unpaired) electrons. The van der Waals surface area contributed by atoms with E-state index in [1.807, 2.05) is 0 Å². The highest BCUT2D eigenvalue weighted by Gasteiger charge is 2.16. The first-order chi connectivity index (χ1) is 6.70. The third kappa shape index (κ3) is 1.29. The van der Waals surface area contributed by atoms with E-state index < -0.39 is 10.3 Å². The summed E-state index contributed by atoms with van der Waals surface area (Å²) in [4.78, 5) is 11.5. The molecule has 14 heavy (non-hydrogen) atoms. The zero-order valence-electron chi connectivity index (χ0n) is 7.10. The maximum absolute atomic E-state index is 11.4. The fourth-order valence-electron chi connectivity index (χ4n) is 1.39. The summed E-state index contributed by atoms with van der Waals surface area (Å²) < 4.78 is 21.6. The predicted molar refractivity (Wildman–Crippen MR) is 52.9 cm³/mol. The number of ketones is 1. The molecule has 0 unspecified atom stereocenters. The van der Waals surface area contributed by atoms with Gasteiger partial charge in [-0.25, -0.2) is 0 Å². The molecule has 0 bridgehead atoms. The molecule has 2 rings (SSSR count). The summed E-state index contributed by atoms with van der Waals surface area (Å²) >= 11 is 0. The SMILES string of the molecule is O=C1C=CC(=S(=O)=O)c2ccccc21. The van der Waals surface area contributed by atoms with Gasteiger partial charge < -0.3 is 0 Å². The smallest absolute Gasteiger partial charge is 0.222 e. The molecule has 70 valence electrons. The van der Waals surface area contributed by atoms with E-state index in [4.69, 9.17) is 0 Å². The van der Waals surface area contributed by atoms with Crippen molar-refractivity contribution in [3.8, 4) is 0 Å². The van der Waals surface area contributed by atoms with Crippen molar-refractivity contribution in [2.45, 2.75) is 0 Å². The van der Waals surface area contributed by atoms with Crippen molar-refractivity contribution in [3.63, 3.8) is 0 Å². The molecule has 1 aliphatic carbocycles. The van der Waals surface area contributed by atoms with E-state index in [0.29, 0.717) is 11.1 Å². The number of hydrogen-bond acceptors (Lipinski definition) is 3. The van der Waals surface area contributed by atoms with Crippen LogP contribution in [0, 0.1) is 0 Å². The highest BCUT2D eigenvalue weighted by molar-refractivity contribution is 7.73. The third-order valence-corrected chi connectivity index (χ3v) is 2.74. The maximum Gasteiger partial charge on any atom is 0.222 e. The molecule has 0 heterocycles. The first-order valence-corrected chi connectivity index (χ1v) is 5.05. The molecule has 0 N–H and O–H groups in total. The number of fused-ring (bicyclic) bond motifs is 1. The minimum absolute atomic E-state index is 0.158. The van der Waals surface area contributed by atoms with E-state index in [0.717, 1.165) is 0 Å². The van der Waals surface area contributed by atoms with Crippen molar-refractivity contribution in [2.75, 3.05) is 0 Å². The van der Waals surface area contributed by atoms with Crippen LogP contribution in [0.4, 0.5) is 0 Å². The minimum atomic E-state index is -2.30. The van der Waals surface area contributed by atoms with Gasteiger partial charge in [0, 0.05) is 11.1 Å². The minimum Gasteiger partial charge on any atom is -0.289 e. The highest BCUT2D eigenvalue weighted by atomic mass is 32.2. The van der Waals surface area contributed by atoms with E-state index >= 15 is 0 Å². The molecule has 1 aromatic carbocycles. The molecule has 0 fully saturated rings. The summed E-state index contributed by atoms with van der Waals surface area (Å²) in [6.07, 6.45) is 2.60. The molecule has 0 spiro atoms. The molecule has 0 aliphatic heterocycles. The van der Waals surface area contributed by atoms with Crippen molar-refractivity contribution in [3.05, 3.63) is 47.5 Å². The number of allylic oxidation sites excluding steroid dienone is 2. The van der Waals surface area contributed by atoms with Crippen LogP contribution in [0.15, 0.2) is 36.4 Å². The first-order valence-electron chi connectivity index (χ1n) is 3.98. The predicted octanol–water partition coefficient (Wildman–Crippen LogP) is 0.839. The molecular weight excluding hydrogens is 200 g/mol. The van der Waals surface area contributed by atoms with Crippen molar-refractivity contribution < 1.29 is 13.2 Å². The monoisotopic (exact) mass is 206 g/mol. The fraction of sp³-hybridized carbons (Fsp3) is 0. The Morgan fingerprint density at radius 1 is 0.929 bits per heavy atom. The maximum atomic E-state index is 11.4. The van der Waals surface area contributed by atoms with Gasteiger partial charge in [-0.15, -0.1) is 0 Å². The van der Waals surface area contributed by atoms with Crippen LogP contribution in [-0.4, -0.2) is 19.1 Å². The molecular formula is C10H6O3S. The number of benzene rings is 1. The van der Waals surface area contributed by atoms with E-state index in [1.165, 1.54) is 12.2 Å². The average molecular weight is 206 g/mol. The van der Waals surface area contributed by atoms with E-state index in [2.05, 4.69) is 0 Å². The Hall–Kier alpha value is -1.68. The second kappa shape index (κ2) is 3.23. The number of hydrogen-bond donors (Lipinski definition) is 0.